The van der Waals surface area contributed by atoms with E-state index in [-0.39, 0.29) is 0 Å². The van der Waals surface area contributed by atoms with E-state index >= 15 is 0 Å². The van der Waals surface area contributed by atoms with Crippen LogP contribution in [0.2, 0.25) is 0 Å². The molecule has 0 heterocycles. The maximum absolute atomic E-state index is 10.7. The third-order valence-electron chi connectivity index (χ3n) is 2.16. The van der Waals surface area contributed by atoms with Gasteiger partial charge < -0.3 is 29.2 Å². The molecule has 0 fully saturated rings. The molecule has 0 aliphatic carbocycles. The van der Waals surface area contributed by atoms with Gasteiger partial charge in [-0.3, -0.25) is 0 Å². The Balaban J connectivity index is 4.86. The van der Waals surface area contributed by atoms with Crippen LogP contribution in [-0.2, 0) is 23.8 Å². The zero-order chi connectivity index (χ0) is 12.7. The average molecular weight is 236 g/mol. The minimum atomic E-state index is -1.80. The number of ether oxygens (including phenoxy) is 3. The minimum Gasteiger partial charge on any atom is -0.479 e. The molecule has 0 aliphatic rings. The van der Waals surface area contributed by atoms with Gasteiger partial charge in [-0.2, -0.15) is 0 Å². The van der Waals surface area contributed by atoms with E-state index in [9.17, 15) is 14.7 Å². The highest BCUT2D eigenvalue weighted by Gasteiger charge is 2.38. The molecule has 7 heteroatoms. The lowest BCUT2D eigenvalue weighted by Crippen LogP contribution is -2.50. The van der Waals surface area contributed by atoms with Crippen LogP contribution in [0, 0.1) is 0 Å². The molecule has 0 amide bonds. The fraction of sp³-hybridized carbons (Fsp3) is 0.778. The smallest absolute Gasteiger partial charge is 0.335 e. The summed E-state index contributed by atoms with van der Waals surface area (Å²) in [6.07, 6.45) is -4.55. The number of rotatable bonds is 8. The van der Waals surface area contributed by atoms with E-state index in [0.29, 0.717) is 6.29 Å². The minimum absolute atomic E-state index is 0.453. The summed E-state index contributed by atoms with van der Waals surface area (Å²) >= 11 is 0. The molecule has 0 saturated heterocycles. The molecule has 0 spiro atoms. The number of carboxylic acids is 1. The van der Waals surface area contributed by atoms with Crippen molar-refractivity contribution in [1.82, 2.24) is 0 Å². The van der Waals surface area contributed by atoms with Gasteiger partial charge in [-0.15, -0.1) is 0 Å². The van der Waals surface area contributed by atoms with E-state index in [1.165, 1.54) is 21.3 Å². The molecule has 7 nitrogen and oxygen atoms in total. The van der Waals surface area contributed by atoms with Gasteiger partial charge in [0.1, 0.15) is 18.3 Å². The summed E-state index contributed by atoms with van der Waals surface area (Å²) in [5, 5.41) is 18.0. The molecular formula is C9H16O7. The molecule has 0 bridgehead atoms. The second kappa shape index (κ2) is 7.29. The number of aliphatic carboxylic acids is 1. The zero-order valence-corrected chi connectivity index (χ0v) is 9.32. The molecule has 2 N–H and O–H groups in total. The van der Waals surface area contributed by atoms with Crippen molar-refractivity contribution in [2.24, 2.45) is 0 Å². The maximum Gasteiger partial charge on any atom is 0.335 e. The highest BCUT2D eigenvalue weighted by Crippen LogP contribution is 2.13. The third-order valence-corrected chi connectivity index (χ3v) is 2.16. The van der Waals surface area contributed by atoms with Crippen molar-refractivity contribution < 1.29 is 34.0 Å². The van der Waals surface area contributed by atoms with Crippen molar-refractivity contribution in [2.45, 2.75) is 24.4 Å². The monoisotopic (exact) mass is 236 g/mol. The predicted molar refractivity (Wildman–Crippen MR) is 52.1 cm³/mol. The molecular weight excluding hydrogens is 220 g/mol. The van der Waals surface area contributed by atoms with E-state index in [2.05, 4.69) is 0 Å². The molecule has 0 saturated carbocycles. The Bertz CT molecular complexity index is 222. The molecule has 0 unspecified atom stereocenters. The van der Waals surface area contributed by atoms with Crippen LogP contribution in [0.3, 0.4) is 0 Å². The Morgan fingerprint density at radius 3 is 1.88 bits per heavy atom. The molecule has 0 aromatic rings. The lowest BCUT2D eigenvalue weighted by Gasteiger charge is -2.29. The summed E-state index contributed by atoms with van der Waals surface area (Å²) in [5.41, 5.74) is 0. The van der Waals surface area contributed by atoms with Crippen LogP contribution in [0.4, 0.5) is 0 Å². The Morgan fingerprint density at radius 1 is 1.12 bits per heavy atom. The van der Waals surface area contributed by atoms with Gasteiger partial charge in [-0.05, 0) is 0 Å². The van der Waals surface area contributed by atoms with Gasteiger partial charge >= 0.3 is 5.97 Å². The first-order valence-electron chi connectivity index (χ1n) is 4.48. The van der Waals surface area contributed by atoms with E-state index in [1.54, 1.807) is 0 Å². The Labute approximate surface area is 92.9 Å². The summed E-state index contributed by atoms with van der Waals surface area (Å²) in [4.78, 5) is 21.3. The molecule has 0 aromatic carbocycles. The van der Waals surface area contributed by atoms with Crippen LogP contribution in [-0.4, -0.2) is 68.2 Å². The molecule has 0 rings (SSSR count). The number of hydrogen-bond acceptors (Lipinski definition) is 6. The van der Waals surface area contributed by atoms with Crippen molar-refractivity contribution in [2.75, 3.05) is 21.3 Å². The van der Waals surface area contributed by atoms with Crippen molar-refractivity contribution in [3.63, 3.8) is 0 Å². The van der Waals surface area contributed by atoms with Crippen molar-refractivity contribution >= 4 is 12.3 Å². The molecule has 0 aromatic heterocycles. The van der Waals surface area contributed by atoms with Crippen molar-refractivity contribution in [3.8, 4) is 0 Å². The van der Waals surface area contributed by atoms with Gasteiger partial charge in [0.2, 0.25) is 0 Å². The summed E-state index contributed by atoms with van der Waals surface area (Å²) in [7, 11) is 3.74. The van der Waals surface area contributed by atoms with Gasteiger partial charge in [0.15, 0.2) is 12.4 Å². The number of hydrogen-bond donors (Lipinski definition) is 2. The first-order valence-corrected chi connectivity index (χ1v) is 4.48. The molecule has 0 radical (unpaired) electrons. The number of aliphatic hydroxyl groups excluding tert-OH is 1. The number of aliphatic hydroxyl groups is 1. The predicted octanol–water partition coefficient (Wildman–Crippen LogP) is -1.32. The second-order valence-corrected chi connectivity index (χ2v) is 3.02. The van der Waals surface area contributed by atoms with Crippen LogP contribution in [0.15, 0.2) is 0 Å². The van der Waals surface area contributed by atoms with E-state index in [4.69, 9.17) is 19.3 Å². The van der Waals surface area contributed by atoms with Crippen LogP contribution in [0.1, 0.15) is 0 Å². The van der Waals surface area contributed by atoms with Gasteiger partial charge in [-0.1, -0.05) is 0 Å². The molecule has 0 aliphatic heterocycles. The summed E-state index contributed by atoms with van der Waals surface area (Å²) in [5.74, 6) is -1.46. The van der Waals surface area contributed by atoms with Crippen LogP contribution in [0.25, 0.3) is 0 Å². The lowest BCUT2D eigenvalue weighted by atomic mass is 10.0. The largest absolute Gasteiger partial charge is 0.479 e. The van der Waals surface area contributed by atoms with Gasteiger partial charge in [0.25, 0.3) is 0 Å². The van der Waals surface area contributed by atoms with Gasteiger partial charge in [0.05, 0.1) is 0 Å². The second-order valence-electron chi connectivity index (χ2n) is 3.02. The third kappa shape index (κ3) is 3.53. The number of carbonyl (C=O) groups is 2. The Kier molecular flexibility index (Phi) is 6.82. The molecule has 94 valence electrons. The van der Waals surface area contributed by atoms with E-state index in [0.717, 1.165) is 0 Å². The Hall–Kier alpha value is -1.02. The quantitative estimate of drug-likeness (QED) is 0.503. The van der Waals surface area contributed by atoms with Crippen LogP contribution >= 0.6 is 0 Å². The topological polar surface area (TPSA) is 102 Å². The fourth-order valence-electron chi connectivity index (χ4n) is 1.31. The average Bonchev–Trinajstić information content (AvgIpc) is 2.28. The zero-order valence-electron chi connectivity index (χ0n) is 9.32. The van der Waals surface area contributed by atoms with E-state index < -0.39 is 30.4 Å². The standard InChI is InChI=1S/C9H16O7/c1-14-5(4-10)7(15-2)8(16-3)6(11)9(12)13/h4-8,11H,1-3H3,(H,12,13)/t5-,6-,7+,8-/m0/s1. The van der Waals surface area contributed by atoms with E-state index in [1.807, 2.05) is 0 Å². The SMILES string of the molecule is CO[C@H]([C@H](OC)[C@H](C=O)OC)[C@H](O)C(=O)O. The van der Waals surface area contributed by atoms with Crippen LogP contribution < -0.4 is 0 Å². The van der Waals surface area contributed by atoms with Crippen molar-refractivity contribution in [1.29, 1.82) is 0 Å². The van der Waals surface area contributed by atoms with Crippen LogP contribution in [0.5, 0.6) is 0 Å². The summed E-state index contributed by atoms with van der Waals surface area (Å²) in [6.45, 7) is 0. The number of carboxylic acid groups (broad SMARTS) is 1. The summed E-state index contributed by atoms with van der Waals surface area (Å²) in [6, 6.07) is 0. The normalized spacial score (nSPS) is 18.5. The molecule has 16 heavy (non-hydrogen) atoms. The van der Waals surface area contributed by atoms with Crippen molar-refractivity contribution in [3.05, 3.63) is 0 Å². The van der Waals surface area contributed by atoms with Gasteiger partial charge in [0, 0.05) is 21.3 Å². The maximum atomic E-state index is 10.7. The van der Waals surface area contributed by atoms with Gasteiger partial charge in [-0.25, -0.2) is 4.79 Å². The summed E-state index contributed by atoms with van der Waals surface area (Å²) < 4.78 is 14.5. The highest BCUT2D eigenvalue weighted by molar-refractivity contribution is 5.73. The molecule has 4 atom stereocenters. The highest BCUT2D eigenvalue weighted by atomic mass is 16.6. The fourth-order valence-corrected chi connectivity index (χ4v) is 1.31. The Morgan fingerprint density at radius 2 is 1.62 bits per heavy atom. The number of carbonyl (C=O) groups excluding carboxylic acids is 1. The number of methoxy groups -OCH3 is 3. The first-order chi connectivity index (χ1) is 7.53. The number of aldehydes is 1. The first kappa shape index (κ1) is 15.0. The lowest BCUT2D eigenvalue weighted by molar-refractivity contribution is -0.173.